The van der Waals surface area contributed by atoms with Crippen LogP contribution < -0.4 is 10.1 Å². The summed E-state index contributed by atoms with van der Waals surface area (Å²) in [5, 5.41) is 3.47. The average Bonchev–Trinajstić information content (AvgIpc) is 2.97. The quantitative estimate of drug-likeness (QED) is 0.801. The number of ether oxygens (including phenoxy) is 1. The van der Waals surface area contributed by atoms with Crippen molar-refractivity contribution in [2.45, 2.75) is 45.4 Å². The summed E-state index contributed by atoms with van der Waals surface area (Å²) in [6, 6.07) is 4.78. The van der Waals surface area contributed by atoms with Gasteiger partial charge >= 0.3 is 0 Å². The highest BCUT2D eigenvalue weighted by Crippen LogP contribution is 2.19. The molecule has 0 bridgehead atoms. The Kier molecular flexibility index (Phi) is 3.21. The third kappa shape index (κ3) is 3.51. The third-order valence-electron chi connectivity index (χ3n) is 2.33. The normalized spacial score (nSPS) is 15.7. The molecular weight excluding hydrogens is 188 g/mol. The first-order chi connectivity index (χ1) is 7.24. The van der Waals surface area contributed by atoms with E-state index >= 15 is 0 Å². The molecule has 1 N–H and O–H groups in total. The number of rotatable bonds is 5. The van der Waals surface area contributed by atoms with Gasteiger partial charge in [0.1, 0.15) is 0 Å². The summed E-state index contributed by atoms with van der Waals surface area (Å²) in [7, 11) is 0. The topological polar surface area (TPSA) is 34.1 Å². The van der Waals surface area contributed by atoms with Crippen molar-refractivity contribution in [1.82, 2.24) is 10.3 Å². The lowest BCUT2D eigenvalue weighted by molar-refractivity contribution is 0.232. The molecule has 1 saturated carbocycles. The Hall–Kier alpha value is -1.09. The van der Waals surface area contributed by atoms with Gasteiger partial charge in [-0.15, -0.1) is 0 Å². The molecule has 2 rings (SSSR count). The highest BCUT2D eigenvalue weighted by atomic mass is 16.5. The van der Waals surface area contributed by atoms with Crippen LogP contribution in [-0.4, -0.2) is 17.1 Å². The van der Waals surface area contributed by atoms with E-state index in [0.29, 0.717) is 0 Å². The summed E-state index contributed by atoms with van der Waals surface area (Å²) in [6.07, 6.45) is 4.63. The molecule has 1 fully saturated rings. The van der Waals surface area contributed by atoms with E-state index in [4.69, 9.17) is 4.74 Å². The van der Waals surface area contributed by atoms with Crippen LogP contribution in [-0.2, 0) is 6.54 Å². The van der Waals surface area contributed by atoms with Crippen LogP contribution in [0.3, 0.4) is 0 Å². The predicted molar refractivity (Wildman–Crippen MR) is 59.9 cm³/mol. The molecule has 1 aromatic rings. The molecule has 82 valence electrons. The van der Waals surface area contributed by atoms with Gasteiger partial charge in [0.05, 0.1) is 6.10 Å². The maximum Gasteiger partial charge on any atom is 0.213 e. The van der Waals surface area contributed by atoms with Gasteiger partial charge in [0, 0.05) is 24.8 Å². The van der Waals surface area contributed by atoms with E-state index in [9.17, 15) is 0 Å². The van der Waals surface area contributed by atoms with Crippen LogP contribution in [0.25, 0.3) is 0 Å². The predicted octanol–water partition coefficient (Wildman–Crippen LogP) is 2.12. The zero-order valence-corrected chi connectivity index (χ0v) is 9.36. The molecule has 0 unspecified atom stereocenters. The summed E-state index contributed by atoms with van der Waals surface area (Å²) in [6.45, 7) is 4.94. The molecule has 0 amide bonds. The lowest BCUT2D eigenvalue weighted by Crippen LogP contribution is -2.15. The maximum absolute atomic E-state index is 5.54. The molecule has 3 heteroatoms. The van der Waals surface area contributed by atoms with Crippen molar-refractivity contribution < 1.29 is 4.74 Å². The Balaban J connectivity index is 1.91. The molecule has 3 nitrogen and oxygen atoms in total. The Labute approximate surface area is 90.9 Å². The average molecular weight is 206 g/mol. The molecule has 0 atom stereocenters. The van der Waals surface area contributed by atoms with E-state index in [2.05, 4.69) is 10.3 Å². The molecule has 0 spiro atoms. The molecular formula is C12H18N2O. The number of hydrogen-bond acceptors (Lipinski definition) is 3. The molecule has 1 aliphatic rings. The van der Waals surface area contributed by atoms with E-state index in [1.165, 1.54) is 18.4 Å². The third-order valence-corrected chi connectivity index (χ3v) is 2.33. The molecule has 0 aromatic carbocycles. The van der Waals surface area contributed by atoms with Gasteiger partial charge in [-0.1, -0.05) is 0 Å². The van der Waals surface area contributed by atoms with Gasteiger partial charge in [-0.2, -0.15) is 0 Å². The van der Waals surface area contributed by atoms with Crippen LogP contribution in [0.4, 0.5) is 0 Å². The van der Waals surface area contributed by atoms with E-state index < -0.39 is 0 Å². The van der Waals surface area contributed by atoms with Crippen molar-refractivity contribution in [3.63, 3.8) is 0 Å². The first kappa shape index (κ1) is 10.4. The standard InChI is InChI=1S/C12H18N2O/c1-9(2)15-12-7-10(5-6-13-12)8-14-11-3-4-11/h5-7,9,11,14H,3-4,8H2,1-2H3. The van der Waals surface area contributed by atoms with E-state index in [0.717, 1.165) is 18.5 Å². The number of pyridine rings is 1. The number of hydrogen-bond donors (Lipinski definition) is 1. The lowest BCUT2D eigenvalue weighted by Gasteiger charge is -2.09. The number of nitrogens with zero attached hydrogens (tertiary/aromatic N) is 1. The van der Waals surface area contributed by atoms with Crippen molar-refractivity contribution >= 4 is 0 Å². The fourth-order valence-corrected chi connectivity index (χ4v) is 1.42. The molecule has 15 heavy (non-hydrogen) atoms. The largest absolute Gasteiger partial charge is 0.475 e. The second-order valence-electron chi connectivity index (χ2n) is 4.32. The monoisotopic (exact) mass is 206 g/mol. The zero-order chi connectivity index (χ0) is 10.7. The molecule has 0 radical (unpaired) electrons. The second kappa shape index (κ2) is 4.62. The molecule has 1 heterocycles. The molecule has 1 aromatic heterocycles. The SMILES string of the molecule is CC(C)Oc1cc(CNC2CC2)ccn1. The van der Waals surface area contributed by atoms with Crippen molar-refractivity contribution in [2.24, 2.45) is 0 Å². The Bertz CT molecular complexity index is 321. The Morgan fingerprint density at radius 2 is 2.33 bits per heavy atom. The van der Waals surface area contributed by atoms with Gasteiger partial charge in [-0.25, -0.2) is 4.98 Å². The van der Waals surface area contributed by atoms with E-state index in [1.807, 2.05) is 32.2 Å². The highest BCUT2D eigenvalue weighted by molar-refractivity contribution is 5.20. The smallest absolute Gasteiger partial charge is 0.213 e. The second-order valence-corrected chi connectivity index (χ2v) is 4.32. The minimum atomic E-state index is 0.184. The number of aromatic nitrogens is 1. The van der Waals surface area contributed by atoms with Crippen LogP contribution in [0.15, 0.2) is 18.3 Å². The summed E-state index contributed by atoms with van der Waals surface area (Å²) >= 11 is 0. The van der Waals surface area contributed by atoms with Crippen molar-refractivity contribution in [3.8, 4) is 5.88 Å². The first-order valence-corrected chi connectivity index (χ1v) is 5.59. The van der Waals surface area contributed by atoms with Gasteiger partial charge in [0.15, 0.2) is 0 Å². The lowest BCUT2D eigenvalue weighted by atomic mass is 10.2. The van der Waals surface area contributed by atoms with Crippen molar-refractivity contribution in [1.29, 1.82) is 0 Å². The van der Waals surface area contributed by atoms with Crippen LogP contribution >= 0.6 is 0 Å². The van der Waals surface area contributed by atoms with E-state index in [-0.39, 0.29) is 6.10 Å². The maximum atomic E-state index is 5.54. The van der Waals surface area contributed by atoms with Crippen LogP contribution in [0, 0.1) is 0 Å². The summed E-state index contributed by atoms with van der Waals surface area (Å²) < 4.78 is 5.54. The molecule has 1 aliphatic carbocycles. The van der Waals surface area contributed by atoms with Crippen LogP contribution in [0.1, 0.15) is 32.3 Å². The number of nitrogens with one attached hydrogen (secondary N) is 1. The van der Waals surface area contributed by atoms with Gasteiger partial charge < -0.3 is 10.1 Å². The van der Waals surface area contributed by atoms with Gasteiger partial charge in [0.25, 0.3) is 0 Å². The minimum Gasteiger partial charge on any atom is -0.475 e. The van der Waals surface area contributed by atoms with Gasteiger partial charge in [-0.3, -0.25) is 0 Å². The van der Waals surface area contributed by atoms with Crippen LogP contribution in [0.2, 0.25) is 0 Å². The highest BCUT2D eigenvalue weighted by Gasteiger charge is 2.19. The van der Waals surface area contributed by atoms with Crippen LogP contribution in [0.5, 0.6) is 5.88 Å². The minimum absolute atomic E-state index is 0.184. The molecule has 0 saturated heterocycles. The van der Waals surface area contributed by atoms with Gasteiger partial charge in [0.2, 0.25) is 5.88 Å². The fourth-order valence-electron chi connectivity index (χ4n) is 1.42. The summed E-state index contributed by atoms with van der Waals surface area (Å²) in [5.74, 6) is 0.722. The zero-order valence-electron chi connectivity index (χ0n) is 9.36. The van der Waals surface area contributed by atoms with Gasteiger partial charge in [-0.05, 0) is 38.3 Å². The van der Waals surface area contributed by atoms with E-state index in [1.54, 1.807) is 0 Å². The summed E-state index contributed by atoms with van der Waals surface area (Å²) in [5.41, 5.74) is 1.24. The molecule has 0 aliphatic heterocycles. The Morgan fingerprint density at radius 1 is 1.53 bits per heavy atom. The first-order valence-electron chi connectivity index (χ1n) is 5.59. The van der Waals surface area contributed by atoms with Crippen molar-refractivity contribution in [2.75, 3.05) is 0 Å². The Morgan fingerprint density at radius 3 is 3.00 bits per heavy atom. The van der Waals surface area contributed by atoms with Crippen molar-refractivity contribution in [3.05, 3.63) is 23.9 Å². The fraction of sp³-hybridized carbons (Fsp3) is 0.583. The summed E-state index contributed by atoms with van der Waals surface area (Å²) in [4.78, 5) is 4.17.